The summed E-state index contributed by atoms with van der Waals surface area (Å²) in [5, 5.41) is 0. The normalized spacial score (nSPS) is 10.4. The third-order valence-electron chi connectivity index (χ3n) is 2.94. The second-order valence-electron chi connectivity index (χ2n) is 4.55. The van der Waals surface area contributed by atoms with Crippen molar-refractivity contribution in [1.82, 2.24) is 0 Å². The maximum Gasteiger partial charge on any atom is 0.167 e. The van der Waals surface area contributed by atoms with E-state index in [2.05, 4.69) is 22.0 Å². The number of carbonyl (C=O) groups excluding carboxylic acids is 1. The number of hydrogen-bond donors (Lipinski definition) is 0. The van der Waals surface area contributed by atoms with E-state index >= 15 is 0 Å². The molecule has 0 saturated carbocycles. The lowest BCUT2D eigenvalue weighted by Crippen LogP contribution is -2.05. The summed E-state index contributed by atoms with van der Waals surface area (Å²) in [6.07, 6.45) is 0.462. The van der Waals surface area contributed by atoms with Crippen molar-refractivity contribution >= 4 is 21.7 Å². The van der Waals surface area contributed by atoms with E-state index in [0.717, 1.165) is 21.2 Å². The Morgan fingerprint density at radius 3 is 2.56 bits per heavy atom. The van der Waals surface area contributed by atoms with Crippen LogP contribution in [0.25, 0.3) is 0 Å². The van der Waals surface area contributed by atoms with E-state index in [1.54, 1.807) is 0 Å². The van der Waals surface area contributed by atoms with Gasteiger partial charge in [0.15, 0.2) is 5.78 Å². The van der Waals surface area contributed by atoms with Gasteiger partial charge < -0.3 is 0 Å². The first-order chi connectivity index (χ1) is 8.56. The lowest BCUT2D eigenvalue weighted by atomic mass is 9.98. The minimum atomic E-state index is 0.172. The molecule has 0 spiro atoms. The molecule has 2 rings (SSSR count). The second kappa shape index (κ2) is 5.49. The van der Waals surface area contributed by atoms with Gasteiger partial charge in [0.1, 0.15) is 0 Å². The molecule has 0 aliphatic heterocycles. The average Bonchev–Trinajstić information content (AvgIpc) is 2.28. The highest BCUT2D eigenvalue weighted by atomic mass is 79.9. The van der Waals surface area contributed by atoms with Crippen LogP contribution in [0.5, 0.6) is 0 Å². The maximum atomic E-state index is 12.2. The van der Waals surface area contributed by atoms with Crippen LogP contribution < -0.4 is 0 Å². The fraction of sp³-hybridized carbons (Fsp3) is 0.188. The number of hydrogen-bond acceptors (Lipinski definition) is 1. The molecular weight excluding hydrogens is 288 g/mol. The van der Waals surface area contributed by atoms with Gasteiger partial charge in [-0.1, -0.05) is 51.8 Å². The topological polar surface area (TPSA) is 17.1 Å². The van der Waals surface area contributed by atoms with Crippen molar-refractivity contribution in [1.29, 1.82) is 0 Å². The van der Waals surface area contributed by atoms with Crippen molar-refractivity contribution in [3.8, 4) is 0 Å². The average molecular weight is 303 g/mol. The molecular formula is C16H15BrO. The molecule has 18 heavy (non-hydrogen) atoms. The molecule has 0 aliphatic rings. The molecule has 0 bridgehead atoms. The quantitative estimate of drug-likeness (QED) is 0.763. The number of halogens is 1. The number of carbonyl (C=O) groups is 1. The van der Waals surface area contributed by atoms with E-state index < -0.39 is 0 Å². The van der Waals surface area contributed by atoms with E-state index in [4.69, 9.17) is 0 Å². The summed E-state index contributed by atoms with van der Waals surface area (Å²) in [6, 6.07) is 13.9. The van der Waals surface area contributed by atoms with Crippen LogP contribution in [0.2, 0.25) is 0 Å². The summed E-state index contributed by atoms with van der Waals surface area (Å²) in [4.78, 5) is 12.2. The summed E-state index contributed by atoms with van der Waals surface area (Å²) in [5.74, 6) is 0.172. The predicted molar refractivity (Wildman–Crippen MR) is 78.1 cm³/mol. The molecule has 0 aliphatic carbocycles. The lowest BCUT2D eigenvalue weighted by molar-refractivity contribution is 0.0992. The summed E-state index contributed by atoms with van der Waals surface area (Å²) in [6.45, 7) is 4.01. The van der Waals surface area contributed by atoms with Crippen molar-refractivity contribution < 1.29 is 4.79 Å². The Bertz CT molecular complexity index is 587. The summed E-state index contributed by atoms with van der Waals surface area (Å²) in [5.41, 5.74) is 4.08. The van der Waals surface area contributed by atoms with Crippen molar-refractivity contribution in [3.63, 3.8) is 0 Å². The Balaban J connectivity index is 2.22. The Morgan fingerprint density at radius 2 is 1.89 bits per heavy atom. The Kier molecular flexibility index (Phi) is 3.97. The number of rotatable bonds is 3. The van der Waals surface area contributed by atoms with E-state index in [1.165, 1.54) is 5.56 Å². The highest BCUT2D eigenvalue weighted by Gasteiger charge is 2.10. The monoisotopic (exact) mass is 302 g/mol. The predicted octanol–water partition coefficient (Wildman–Crippen LogP) is 4.49. The molecule has 0 N–H and O–H groups in total. The van der Waals surface area contributed by atoms with Gasteiger partial charge in [0.25, 0.3) is 0 Å². The van der Waals surface area contributed by atoms with Crippen LogP contribution in [0, 0.1) is 13.8 Å². The molecule has 0 heterocycles. The van der Waals surface area contributed by atoms with Crippen LogP contribution in [0.15, 0.2) is 46.9 Å². The van der Waals surface area contributed by atoms with E-state index in [9.17, 15) is 4.79 Å². The van der Waals surface area contributed by atoms with Crippen LogP contribution >= 0.6 is 15.9 Å². The zero-order chi connectivity index (χ0) is 13.1. The number of aryl methyl sites for hydroxylation is 2. The fourth-order valence-electron chi connectivity index (χ4n) is 2.04. The Morgan fingerprint density at radius 1 is 1.11 bits per heavy atom. The molecule has 0 aromatic heterocycles. The molecule has 92 valence electrons. The smallest absolute Gasteiger partial charge is 0.167 e. The molecule has 0 fully saturated rings. The maximum absolute atomic E-state index is 12.2. The van der Waals surface area contributed by atoms with Gasteiger partial charge in [0.2, 0.25) is 0 Å². The lowest BCUT2D eigenvalue weighted by Gasteiger charge is -2.06. The van der Waals surface area contributed by atoms with Gasteiger partial charge in [-0.2, -0.15) is 0 Å². The van der Waals surface area contributed by atoms with Crippen molar-refractivity contribution in [3.05, 3.63) is 69.2 Å². The second-order valence-corrected chi connectivity index (χ2v) is 5.46. The zero-order valence-corrected chi connectivity index (χ0v) is 12.1. The third-order valence-corrected chi connectivity index (χ3v) is 3.43. The number of ketones is 1. The summed E-state index contributed by atoms with van der Waals surface area (Å²) >= 11 is 3.41. The van der Waals surface area contributed by atoms with Gasteiger partial charge in [0, 0.05) is 16.5 Å². The standard InChI is InChI=1S/C16H15BrO/c1-11-4-3-5-13(8-11)10-16(18)15-7-6-14(17)9-12(15)2/h3-9H,10H2,1-2H3. The molecule has 0 radical (unpaired) electrons. The van der Waals surface area contributed by atoms with E-state index in [1.807, 2.05) is 50.2 Å². The molecule has 2 heteroatoms. The van der Waals surface area contributed by atoms with Crippen LogP contribution in [0.4, 0.5) is 0 Å². The van der Waals surface area contributed by atoms with Gasteiger partial charge >= 0.3 is 0 Å². The first kappa shape index (κ1) is 13.0. The molecule has 0 atom stereocenters. The highest BCUT2D eigenvalue weighted by molar-refractivity contribution is 9.10. The third kappa shape index (κ3) is 3.08. The van der Waals surface area contributed by atoms with Crippen molar-refractivity contribution in [2.24, 2.45) is 0 Å². The van der Waals surface area contributed by atoms with Crippen LogP contribution in [-0.4, -0.2) is 5.78 Å². The summed E-state index contributed by atoms with van der Waals surface area (Å²) < 4.78 is 1.01. The molecule has 2 aromatic rings. The first-order valence-corrected chi connectivity index (χ1v) is 6.70. The van der Waals surface area contributed by atoms with E-state index in [-0.39, 0.29) is 5.78 Å². The van der Waals surface area contributed by atoms with Gasteiger partial charge in [0.05, 0.1) is 0 Å². The van der Waals surface area contributed by atoms with Gasteiger partial charge in [-0.15, -0.1) is 0 Å². The Labute approximate surface area is 116 Å². The Hall–Kier alpha value is -1.41. The molecule has 0 unspecified atom stereocenters. The van der Waals surface area contributed by atoms with Gasteiger partial charge in [-0.3, -0.25) is 4.79 Å². The van der Waals surface area contributed by atoms with Crippen LogP contribution in [-0.2, 0) is 6.42 Å². The van der Waals surface area contributed by atoms with Crippen LogP contribution in [0.1, 0.15) is 27.0 Å². The van der Waals surface area contributed by atoms with Crippen molar-refractivity contribution in [2.45, 2.75) is 20.3 Å². The number of Topliss-reactive ketones (excluding diaryl/α,β-unsaturated/α-hetero) is 1. The minimum Gasteiger partial charge on any atom is -0.294 e. The van der Waals surface area contributed by atoms with E-state index in [0.29, 0.717) is 6.42 Å². The molecule has 1 nitrogen and oxygen atoms in total. The summed E-state index contributed by atoms with van der Waals surface area (Å²) in [7, 11) is 0. The zero-order valence-electron chi connectivity index (χ0n) is 10.5. The fourth-order valence-corrected chi connectivity index (χ4v) is 2.52. The van der Waals surface area contributed by atoms with Crippen molar-refractivity contribution in [2.75, 3.05) is 0 Å². The molecule has 0 amide bonds. The number of benzene rings is 2. The molecule has 0 saturated heterocycles. The molecule has 2 aromatic carbocycles. The van der Waals surface area contributed by atoms with Gasteiger partial charge in [-0.25, -0.2) is 0 Å². The minimum absolute atomic E-state index is 0.172. The highest BCUT2D eigenvalue weighted by Crippen LogP contribution is 2.18. The van der Waals surface area contributed by atoms with Crippen LogP contribution in [0.3, 0.4) is 0 Å². The van der Waals surface area contributed by atoms with Gasteiger partial charge in [-0.05, 0) is 37.1 Å². The largest absolute Gasteiger partial charge is 0.294 e. The SMILES string of the molecule is Cc1cccc(CC(=O)c2ccc(Br)cc2C)c1. The first-order valence-electron chi connectivity index (χ1n) is 5.91.